The van der Waals surface area contributed by atoms with E-state index in [0.29, 0.717) is 5.71 Å². The summed E-state index contributed by atoms with van der Waals surface area (Å²) in [6.45, 7) is 14.7. The summed E-state index contributed by atoms with van der Waals surface area (Å²) >= 11 is 0. The Bertz CT molecular complexity index is 9050. The van der Waals surface area contributed by atoms with Crippen molar-refractivity contribution in [2.75, 3.05) is 0 Å². The van der Waals surface area contributed by atoms with Crippen molar-refractivity contribution in [1.82, 2.24) is 53.2 Å². The second kappa shape index (κ2) is 32.5. The van der Waals surface area contributed by atoms with E-state index in [4.69, 9.17) is 22.7 Å². The van der Waals surface area contributed by atoms with E-state index in [-0.39, 0.29) is 0 Å². The summed E-state index contributed by atoms with van der Waals surface area (Å²) in [5.74, 6) is 0. The van der Waals surface area contributed by atoms with Gasteiger partial charge in [0.2, 0.25) is 28.5 Å². The van der Waals surface area contributed by atoms with Crippen molar-refractivity contribution in [1.29, 1.82) is 0 Å². The van der Waals surface area contributed by atoms with Crippen LogP contribution in [0.25, 0.3) is 233 Å². The minimum Gasteiger partial charge on any atom is -0.455 e. The van der Waals surface area contributed by atoms with Crippen LogP contribution in [0.4, 0.5) is 0 Å². The summed E-state index contributed by atoms with van der Waals surface area (Å²) < 4.78 is 43.2. The summed E-state index contributed by atoms with van der Waals surface area (Å²) in [6, 6.07) is 80.4. The van der Waals surface area contributed by atoms with Crippen LogP contribution in [0.2, 0.25) is 0 Å². The molecule has 19 heterocycles. The van der Waals surface area contributed by atoms with Crippen LogP contribution in [-0.4, -0.2) is 53.2 Å². The quantitative estimate of drug-likeness (QED) is 0.126. The van der Waals surface area contributed by atoms with E-state index < -0.39 is 0 Å². The Labute approximate surface area is 766 Å². The maximum atomic E-state index is 6.53. The maximum Gasteiger partial charge on any atom is 0.228 e. The van der Waals surface area contributed by atoms with Crippen LogP contribution in [0, 0.1) is 48.5 Å². The Morgan fingerprint density at radius 1 is 0.293 bits per heavy atom. The van der Waals surface area contributed by atoms with Gasteiger partial charge < -0.3 is 35.9 Å². The predicted octanol–water partition coefficient (Wildman–Crippen LogP) is 24.5. The lowest BCUT2D eigenvalue weighted by molar-refractivity contribution is -0.660. The lowest BCUT2D eigenvalue weighted by Crippen LogP contribution is -2.30. The van der Waals surface area contributed by atoms with Crippen molar-refractivity contribution in [2.45, 2.75) is 48.5 Å². The van der Waals surface area contributed by atoms with Crippen LogP contribution in [0.15, 0.2) is 323 Å². The number of pyridine rings is 11. The lowest BCUT2D eigenvalue weighted by atomic mass is 9.91. The Hall–Kier alpha value is -16.7. The van der Waals surface area contributed by atoms with Crippen LogP contribution in [0.1, 0.15) is 39.3 Å². The number of fused-ring (bicyclic) bond motifs is 16. The molecule has 0 saturated carbocycles. The standard InChI is InChI=1S/C33H27N4O.2C27H23N4O.C27H22N3O/c1-20-16-24-25-17-23(21(2)30(28-12-8-9-15-36(28)3)33(25)38-29(24)19-35-20)32-31(22-10-6-5-7-11-22)26-18-34-14-13-27(26)37(32)4;1-16-13-23-19(15-28-16)25-24(21-11-7-8-12-30(21)3)17(2)26(29-27(25)32-23)22-14-18-9-5-6-10-20(18)31(22)4;1-16-12-25-20(15-29-16)19-13-18(24-14-21-22(31(24)4)9-7-10-28-21)17(2)26(27(19)32-25)23-8-5-6-11-30(23)3;1-17-20(23-14-18-8-4-5-9-21(18)30(23)3)15-24-27(19-11-12-28-16-25(19)31-24)26(17)22-10-6-7-13-29(22)2/h5-19H,1-4H3;2*5-15H,1-4H3;4-16H,1-3H3/q4*+1. The van der Waals surface area contributed by atoms with Crippen LogP contribution >= 0.6 is 0 Å². The third kappa shape index (κ3) is 13.7. The van der Waals surface area contributed by atoms with E-state index in [1.54, 1.807) is 6.20 Å². The fourth-order valence-corrected chi connectivity index (χ4v) is 20.2. The molecule has 0 atom stereocenters. The summed E-state index contributed by atoms with van der Waals surface area (Å²) in [6.07, 6.45) is 23.3. The first kappa shape index (κ1) is 82.0. The van der Waals surface area contributed by atoms with Gasteiger partial charge in [-0.25, -0.2) is 23.3 Å². The van der Waals surface area contributed by atoms with Crippen molar-refractivity contribution in [3.8, 4) is 101 Å². The number of aromatic nitrogens is 15. The van der Waals surface area contributed by atoms with Gasteiger partial charge in [-0.2, -0.15) is 0 Å². The highest BCUT2D eigenvalue weighted by atomic mass is 16.3. The van der Waals surface area contributed by atoms with Crippen LogP contribution < -0.4 is 18.3 Å². The summed E-state index contributed by atoms with van der Waals surface area (Å²) in [4.78, 5) is 32.0. The molecule has 0 aliphatic heterocycles. The number of aryl methyl sites for hydroxylation is 11. The average Bonchev–Trinajstić information content (AvgIpc) is 1.57. The van der Waals surface area contributed by atoms with Gasteiger partial charge in [-0.15, -0.1) is 0 Å². The third-order valence-corrected chi connectivity index (χ3v) is 26.9. The molecule has 19 heteroatoms. The number of rotatable bonds is 9. The topological polar surface area (TPSA) is 178 Å². The number of hydrogen-bond acceptors (Lipinski definition) is 11. The molecule has 0 N–H and O–H groups in total. The molecule has 133 heavy (non-hydrogen) atoms. The van der Waals surface area contributed by atoms with Crippen molar-refractivity contribution in [3.63, 3.8) is 0 Å². The van der Waals surface area contributed by atoms with E-state index in [1.165, 1.54) is 83.3 Å². The fourth-order valence-electron chi connectivity index (χ4n) is 20.2. The normalized spacial score (nSPS) is 11.7. The molecular formula is C114H95N15O4+4. The minimum atomic E-state index is 0.636. The van der Waals surface area contributed by atoms with Crippen molar-refractivity contribution >= 4 is 132 Å². The highest BCUT2D eigenvalue weighted by molar-refractivity contribution is 6.18. The molecule has 0 aliphatic rings. The van der Waals surface area contributed by atoms with Crippen LogP contribution in [0.5, 0.6) is 0 Å². The SMILES string of the molecule is Cc1c(-c2cc3ccccc3n2C)cc2oc3cnccc3c2c1-c1cccc[n+]1C.Cc1cc2c(cn1)oc1c(-c3cccc[n+]3C)c(C)c(-c3c(-c4ccccc4)c4cnccc4n3C)cc12.Cc1cc2oc3c(-c4cccc[n+]4C)c(C)c(-c4cc5ncccc5n4C)cc3c2cn1.Cc1cc2oc3nc(-c4cc5ccccc5n4C)c(C)c(-c4cccc[n+]4C)c3c2cn1. The Kier molecular flexibility index (Phi) is 20.1. The molecule has 0 radical (unpaired) electrons. The van der Waals surface area contributed by atoms with Crippen molar-refractivity contribution in [2.24, 2.45) is 56.4 Å². The predicted molar refractivity (Wildman–Crippen MR) is 532 cm³/mol. The molecule has 25 aromatic rings. The van der Waals surface area contributed by atoms with E-state index in [9.17, 15) is 0 Å². The third-order valence-electron chi connectivity index (χ3n) is 26.9. The molecular weight excluding hydrogens is 1640 g/mol. The van der Waals surface area contributed by atoms with Gasteiger partial charge in [0.1, 0.15) is 56.1 Å². The monoisotopic (exact) mass is 1740 g/mol. The minimum absolute atomic E-state index is 0.636. The first-order chi connectivity index (χ1) is 64.7. The Morgan fingerprint density at radius 3 is 1.42 bits per heavy atom. The molecule has 19 aromatic heterocycles. The smallest absolute Gasteiger partial charge is 0.228 e. The van der Waals surface area contributed by atoms with Gasteiger partial charge in [-0.05, 0) is 179 Å². The van der Waals surface area contributed by atoms with E-state index in [2.05, 4.69) is 369 Å². The van der Waals surface area contributed by atoms with Crippen LogP contribution in [0.3, 0.4) is 0 Å². The molecule has 19 nitrogen and oxygen atoms in total. The molecule has 0 aliphatic carbocycles. The van der Waals surface area contributed by atoms with Crippen molar-refractivity contribution < 1.29 is 35.9 Å². The van der Waals surface area contributed by atoms with Gasteiger partial charge in [0, 0.05) is 236 Å². The number of benzene rings is 6. The molecule has 0 saturated heterocycles. The number of para-hydroxylation sites is 2. The highest BCUT2D eigenvalue weighted by Gasteiger charge is 2.33. The van der Waals surface area contributed by atoms with E-state index in [0.717, 1.165) is 183 Å². The lowest BCUT2D eigenvalue weighted by Gasteiger charge is -2.15. The first-order valence-corrected chi connectivity index (χ1v) is 44.6. The molecule has 0 amide bonds. The first-order valence-electron chi connectivity index (χ1n) is 44.6. The zero-order valence-electron chi connectivity index (χ0n) is 76.7. The molecule has 646 valence electrons. The van der Waals surface area contributed by atoms with Crippen molar-refractivity contribution in [3.05, 3.63) is 344 Å². The fraction of sp³-hybridized carbons (Fsp3) is 0.132. The largest absolute Gasteiger partial charge is 0.455 e. The van der Waals surface area contributed by atoms with E-state index in [1.807, 2.05) is 101 Å². The average molecular weight is 1740 g/mol. The highest BCUT2D eigenvalue weighted by Crippen LogP contribution is 2.50. The number of nitrogens with zero attached hydrogens (tertiary/aromatic N) is 15. The van der Waals surface area contributed by atoms with Gasteiger partial charge in [0.25, 0.3) is 0 Å². The summed E-state index contributed by atoms with van der Waals surface area (Å²) in [5.41, 5.74) is 40.1. The summed E-state index contributed by atoms with van der Waals surface area (Å²) in [7, 11) is 16.8. The van der Waals surface area contributed by atoms with E-state index >= 15 is 0 Å². The number of hydrogen-bond donors (Lipinski definition) is 0. The zero-order chi connectivity index (χ0) is 91.0. The molecule has 25 rings (SSSR count). The number of furan rings is 4. The van der Waals surface area contributed by atoms with Gasteiger partial charge >= 0.3 is 0 Å². The molecule has 6 aromatic carbocycles. The van der Waals surface area contributed by atoms with Gasteiger partial charge in [0.15, 0.2) is 36.0 Å². The Balaban J connectivity index is 0.000000104. The molecule has 0 unspecified atom stereocenters. The zero-order valence-corrected chi connectivity index (χ0v) is 76.7. The van der Waals surface area contributed by atoms with Gasteiger partial charge in [-0.1, -0.05) is 66.7 Å². The van der Waals surface area contributed by atoms with Crippen LogP contribution in [-0.2, 0) is 56.4 Å². The molecule has 0 bridgehead atoms. The molecule has 0 spiro atoms. The van der Waals surface area contributed by atoms with Gasteiger partial charge in [-0.3, -0.25) is 29.9 Å². The second-order valence-electron chi connectivity index (χ2n) is 34.9. The second-order valence-corrected chi connectivity index (χ2v) is 34.9. The molecule has 0 fully saturated rings. The van der Waals surface area contributed by atoms with Gasteiger partial charge in [0.05, 0.1) is 79.4 Å². The Morgan fingerprint density at radius 2 is 0.782 bits per heavy atom. The summed E-state index contributed by atoms with van der Waals surface area (Å²) in [5, 5.41) is 12.1. The maximum absolute atomic E-state index is 6.53.